The number of nitrogens with one attached hydrogen (secondary N) is 3. The van der Waals surface area contributed by atoms with Gasteiger partial charge in [-0.2, -0.15) is 4.72 Å². The van der Waals surface area contributed by atoms with E-state index in [4.69, 9.17) is 4.42 Å². The van der Waals surface area contributed by atoms with Crippen LogP contribution in [-0.4, -0.2) is 30.8 Å². The van der Waals surface area contributed by atoms with Gasteiger partial charge < -0.3 is 15.1 Å². The molecule has 0 unspecified atom stereocenters. The molecule has 10 nitrogen and oxygen atoms in total. The zero-order valence-corrected chi connectivity index (χ0v) is 20.3. The number of carbonyl (C=O) groups is 2. The van der Waals surface area contributed by atoms with Crippen molar-refractivity contribution in [1.82, 2.24) is 9.29 Å². The molecular formula is C25H24N4O6S. The lowest BCUT2D eigenvalue weighted by Gasteiger charge is -2.19. The van der Waals surface area contributed by atoms with E-state index in [0.29, 0.717) is 16.9 Å². The fraction of sp³-hybridized carbons (Fsp3) is 0.160. The Balaban J connectivity index is 1.59. The predicted molar refractivity (Wildman–Crippen MR) is 135 cm³/mol. The maximum Gasteiger partial charge on any atom is 0.419 e. The average Bonchev–Trinajstić information content (AvgIpc) is 3.13. The van der Waals surface area contributed by atoms with Gasteiger partial charge in [0.15, 0.2) is 5.58 Å². The van der Waals surface area contributed by atoms with Gasteiger partial charge >= 0.3 is 5.76 Å². The third-order valence-corrected chi connectivity index (χ3v) is 6.91. The second kappa shape index (κ2) is 10.2. The second-order valence-corrected chi connectivity index (χ2v) is 9.88. The van der Waals surface area contributed by atoms with E-state index in [9.17, 15) is 22.8 Å². The maximum atomic E-state index is 13.2. The van der Waals surface area contributed by atoms with Crippen molar-refractivity contribution in [1.29, 1.82) is 0 Å². The highest BCUT2D eigenvalue weighted by Crippen LogP contribution is 2.20. The molecule has 1 atom stereocenters. The summed E-state index contributed by atoms with van der Waals surface area (Å²) in [6, 6.07) is 18.4. The number of benzene rings is 3. The van der Waals surface area contributed by atoms with Crippen LogP contribution in [0.4, 0.5) is 11.4 Å². The molecule has 0 saturated heterocycles. The minimum Gasteiger partial charge on any atom is -0.408 e. The fourth-order valence-electron chi connectivity index (χ4n) is 3.64. The van der Waals surface area contributed by atoms with Crippen molar-refractivity contribution in [2.75, 3.05) is 10.6 Å². The summed E-state index contributed by atoms with van der Waals surface area (Å²) >= 11 is 0. The van der Waals surface area contributed by atoms with Crippen molar-refractivity contribution in [3.8, 4) is 0 Å². The SMILES string of the molecule is CC(=O)Nc1ccc(NC(=O)[C@@H](Cc2ccccc2)NS(=O)(=O)c2ccc3c(c2)oc(=O)n3C)cc1. The van der Waals surface area contributed by atoms with Crippen molar-refractivity contribution < 1.29 is 22.4 Å². The van der Waals surface area contributed by atoms with Crippen LogP contribution in [0.5, 0.6) is 0 Å². The molecule has 11 heteroatoms. The van der Waals surface area contributed by atoms with Gasteiger partial charge in [0.05, 0.1) is 10.4 Å². The molecule has 0 bridgehead atoms. The fourth-order valence-corrected chi connectivity index (χ4v) is 4.85. The summed E-state index contributed by atoms with van der Waals surface area (Å²) in [6.07, 6.45) is 0.0958. The normalized spacial score (nSPS) is 12.3. The summed E-state index contributed by atoms with van der Waals surface area (Å²) < 4.78 is 35.3. The van der Waals surface area contributed by atoms with E-state index in [1.165, 1.54) is 36.7 Å². The minimum atomic E-state index is -4.16. The van der Waals surface area contributed by atoms with Gasteiger partial charge in [-0.1, -0.05) is 30.3 Å². The number of nitrogens with zero attached hydrogens (tertiary/aromatic N) is 1. The Bertz CT molecular complexity index is 1570. The van der Waals surface area contributed by atoms with Crippen LogP contribution < -0.4 is 21.1 Å². The average molecular weight is 509 g/mol. The second-order valence-electron chi connectivity index (χ2n) is 8.17. The minimum absolute atomic E-state index is 0.0958. The Morgan fingerprint density at radius 3 is 2.22 bits per heavy atom. The summed E-state index contributed by atoms with van der Waals surface area (Å²) in [6.45, 7) is 1.39. The van der Waals surface area contributed by atoms with Crippen molar-refractivity contribution in [3.05, 3.63) is 88.9 Å². The van der Waals surface area contributed by atoms with E-state index in [0.717, 1.165) is 5.56 Å². The van der Waals surface area contributed by atoms with Crippen LogP contribution >= 0.6 is 0 Å². The maximum absolute atomic E-state index is 13.2. The molecule has 3 aromatic carbocycles. The van der Waals surface area contributed by atoms with Crippen LogP contribution in [0, 0.1) is 0 Å². The van der Waals surface area contributed by atoms with Crippen LogP contribution in [0.15, 0.2) is 86.9 Å². The Kier molecular flexibility index (Phi) is 7.04. The van der Waals surface area contributed by atoms with E-state index in [1.54, 1.807) is 48.5 Å². The molecule has 186 valence electrons. The summed E-state index contributed by atoms with van der Waals surface area (Å²) in [7, 11) is -2.64. The number of anilines is 2. The van der Waals surface area contributed by atoms with Crippen molar-refractivity contribution in [2.45, 2.75) is 24.3 Å². The number of sulfonamides is 1. The molecule has 4 rings (SSSR count). The van der Waals surface area contributed by atoms with Crippen LogP contribution in [0.25, 0.3) is 11.1 Å². The zero-order valence-electron chi connectivity index (χ0n) is 19.5. The third-order valence-electron chi connectivity index (χ3n) is 5.44. The lowest BCUT2D eigenvalue weighted by molar-refractivity contribution is -0.117. The number of hydrogen-bond donors (Lipinski definition) is 3. The first-order valence-corrected chi connectivity index (χ1v) is 12.4. The molecular weight excluding hydrogens is 484 g/mol. The topological polar surface area (TPSA) is 140 Å². The molecule has 1 heterocycles. The highest BCUT2D eigenvalue weighted by molar-refractivity contribution is 7.89. The van der Waals surface area contributed by atoms with Gasteiger partial charge in [0.2, 0.25) is 21.8 Å². The van der Waals surface area contributed by atoms with Crippen LogP contribution in [0.1, 0.15) is 12.5 Å². The number of carbonyl (C=O) groups excluding carboxylic acids is 2. The van der Waals surface area contributed by atoms with Gasteiger partial charge in [0, 0.05) is 31.4 Å². The smallest absolute Gasteiger partial charge is 0.408 e. The highest BCUT2D eigenvalue weighted by Gasteiger charge is 2.27. The Morgan fingerprint density at radius 2 is 1.58 bits per heavy atom. The van der Waals surface area contributed by atoms with Gasteiger partial charge in [-0.3, -0.25) is 14.2 Å². The quantitative estimate of drug-likeness (QED) is 0.334. The van der Waals surface area contributed by atoms with E-state index in [-0.39, 0.29) is 22.8 Å². The molecule has 0 radical (unpaired) electrons. The molecule has 3 N–H and O–H groups in total. The first kappa shape index (κ1) is 24.9. The van der Waals surface area contributed by atoms with Crippen molar-refractivity contribution >= 4 is 44.3 Å². The molecule has 0 aliphatic rings. The van der Waals surface area contributed by atoms with Crippen molar-refractivity contribution in [2.24, 2.45) is 7.05 Å². The number of oxazole rings is 1. The standard InChI is InChI=1S/C25H24N4O6S/c1-16(30)26-18-8-10-19(11-9-18)27-24(31)21(14-17-6-4-3-5-7-17)28-36(33,34)20-12-13-22-23(15-20)35-25(32)29(22)2/h3-13,15,21,28H,14H2,1-2H3,(H,26,30)(H,27,31)/t21-/m1/s1. The van der Waals surface area contributed by atoms with Gasteiger partial charge in [0.1, 0.15) is 6.04 Å². The van der Waals surface area contributed by atoms with Gasteiger partial charge in [-0.25, -0.2) is 13.2 Å². The number of aromatic nitrogens is 1. The molecule has 1 aromatic heterocycles. The number of fused-ring (bicyclic) bond motifs is 1. The number of amides is 2. The van der Waals surface area contributed by atoms with E-state index in [2.05, 4.69) is 15.4 Å². The highest BCUT2D eigenvalue weighted by atomic mass is 32.2. The predicted octanol–water partition coefficient (Wildman–Crippen LogP) is 2.62. The van der Waals surface area contributed by atoms with Gasteiger partial charge in [0.25, 0.3) is 0 Å². The molecule has 0 spiro atoms. The first-order valence-electron chi connectivity index (χ1n) is 11.0. The molecule has 0 fully saturated rings. The zero-order chi connectivity index (χ0) is 25.9. The first-order chi connectivity index (χ1) is 17.1. The summed E-state index contributed by atoms with van der Waals surface area (Å²) in [4.78, 5) is 36.0. The number of hydrogen-bond acceptors (Lipinski definition) is 6. The summed E-state index contributed by atoms with van der Waals surface area (Å²) in [5.74, 6) is -1.41. The lowest BCUT2D eigenvalue weighted by Crippen LogP contribution is -2.45. The third kappa shape index (κ3) is 5.70. The molecule has 2 amide bonds. The monoisotopic (exact) mass is 508 g/mol. The van der Waals surface area contributed by atoms with Gasteiger partial charge in [-0.05, 0) is 48.4 Å². The Labute approximate surface area is 207 Å². The molecule has 36 heavy (non-hydrogen) atoms. The van der Waals surface area contributed by atoms with Crippen molar-refractivity contribution in [3.63, 3.8) is 0 Å². The van der Waals surface area contributed by atoms with E-state index < -0.39 is 27.7 Å². The lowest BCUT2D eigenvalue weighted by atomic mass is 10.1. The van der Waals surface area contributed by atoms with E-state index >= 15 is 0 Å². The van der Waals surface area contributed by atoms with E-state index in [1.807, 2.05) is 6.07 Å². The largest absolute Gasteiger partial charge is 0.419 e. The molecule has 4 aromatic rings. The molecule has 0 aliphatic heterocycles. The molecule has 0 aliphatic carbocycles. The Morgan fingerprint density at radius 1 is 0.944 bits per heavy atom. The van der Waals surface area contributed by atoms with Crippen LogP contribution in [-0.2, 0) is 33.1 Å². The number of rotatable bonds is 8. The Hall–Kier alpha value is -4.22. The number of aryl methyl sites for hydroxylation is 1. The van der Waals surface area contributed by atoms with Crippen LogP contribution in [0.3, 0.4) is 0 Å². The van der Waals surface area contributed by atoms with Gasteiger partial charge in [-0.15, -0.1) is 0 Å². The summed E-state index contributed by atoms with van der Waals surface area (Å²) in [5, 5.41) is 5.35. The molecule has 0 saturated carbocycles. The summed E-state index contributed by atoms with van der Waals surface area (Å²) in [5.41, 5.74) is 2.31. The van der Waals surface area contributed by atoms with Crippen LogP contribution in [0.2, 0.25) is 0 Å².